The Kier molecular flexibility index (Phi) is 5.62. The van der Waals surface area contributed by atoms with Crippen LogP contribution in [0.15, 0.2) is 54.6 Å². The van der Waals surface area contributed by atoms with Crippen molar-refractivity contribution in [1.82, 2.24) is 10.3 Å². The first-order valence-electron chi connectivity index (χ1n) is 12.0. The number of para-hydroxylation sites is 1. The number of fused-ring (bicyclic) bond motifs is 3. The van der Waals surface area contributed by atoms with Crippen LogP contribution < -0.4 is 10.1 Å². The van der Waals surface area contributed by atoms with Gasteiger partial charge in [0.2, 0.25) is 0 Å². The Balaban J connectivity index is 1.46. The Morgan fingerprint density at radius 3 is 2.62 bits per heavy atom. The minimum Gasteiger partial charge on any atom is -0.491 e. The quantitative estimate of drug-likeness (QED) is 0.505. The summed E-state index contributed by atoms with van der Waals surface area (Å²) in [5.74, 6) is 3.06. The smallest absolute Gasteiger partial charge is 0.252 e. The van der Waals surface area contributed by atoms with Gasteiger partial charge in [-0.15, -0.1) is 0 Å². The highest BCUT2D eigenvalue weighted by Gasteiger charge is 2.42. The van der Waals surface area contributed by atoms with Crippen LogP contribution in [0.5, 0.6) is 5.75 Å². The first-order chi connectivity index (χ1) is 15.5. The summed E-state index contributed by atoms with van der Waals surface area (Å²) < 4.78 is 5.87. The van der Waals surface area contributed by atoms with E-state index >= 15 is 0 Å². The van der Waals surface area contributed by atoms with Gasteiger partial charge < -0.3 is 10.1 Å². The van der Waals surface area contributed by atoms with E-state index in [9.17, 15) is 4.79 Å². The van der Waals surface area contributed by atoms with Crippen LogP contribution in [0.1, 0.15) is 56.8 Å². The molecule has 2 aromatic carbocycles. The molecule has 0 radical (unpaired) electrons. The molecule has 2 aliphatic rings. The molecular weight excluding hydrogens is 396 g/mol. The predicted octanol–water partition coefficient (Wildman–Crippen LogP) is 6.24. The van der Waals surface area contributed by atoms with Crippen LogP contribution in [0.2, 0.25) is 0 Å². The zero-order valence-electron chi connectivity index (χ0n) is 19.2. The minimum atomic E-state index is -0.00490. The molecule has 2 fully saturated rings. The van der Waals surface area contributed by atoms with Crippen LogP contribution in [0, 0.1) is 17.8 Å². The molecule has 0 unspecified atom stereocenters. The van der Waals surface area contributed by atoms with E-state index in [1.165, 1.54) is 25.7 Å². The lowest BCUT2D eigenvalue weighted by Crippen LogP contribution is -2.40. The molecule has 2 aliphatic carbocycles. The van der Waals surface area contributed by atoms with Crippen LogP contribution in [0.25, 0.3) is 22.2 Å². The number of nitrogens with zero attached hydrogens (tertiary/aromatic N) is 1. The lowest BCUT2D eigenvalue weighted by Gasteiger charge is -2.28. The lowest BCUT2D eigenvalue weighted by molar-refractivity contribution is 0.0917. The molecule has 4 atom stereocenters. The monoisotopic (exact) mass is 428 g/mol. The largest absolute Gasteiger partial charge is 0.491 e. The number of nitrogens with one attached hydrogen (secondary N) is 1. The summed E-state index contributed by atoms with van der Waals surface area (Å²) in [5, 5.41) is 4.23. The maximum absolute atomic E-state index is 13.5. The normalized spacial score (nSPS) is 22.9. The summed E-state index contributed by atoms with van der Waals surface area (Å²) in [7, 11) is 0. The number of rotatable bonds is 6. The van der Waals surface area contributed by atoms with Crippen LogP contribution in [0.4, 0.5) is 0 Å². The molecule has 2 bridgehead atoms. The Morgan fingerprint density at radius 1 is 1.03 bits per heavy atom. The molecule has 1 heterocycles. The average molecular weight is 429 g/mol. The third-order valence-electron chi connectivity index (χ3n) is 7.26. The number of hydrogen-bond donors (Lipinski definition) is 1. The molecule has 4 nitrogen and oxygen atoms in total. The Labute approximate surface area is 190 Å². The molecule has 166 valence electrons. The lowest BCUT2D eigenvalue weighted by atomic mass is 9.84. The zero-order chi connectivity index (χ0) is 22.2. The summed E-state index contributed by atoms with van der Waals surface area (Å²) in [6.45, 7) is 6.21. The maximum atomic E-state index is 13.5. The van der Waals surface area contributed by atoms with Crippen molar-refractivity contribution >= 4 is 16.8 Å². The molecule has 4 heteroatoms. The predicted molar refractivity (Wildman–Crippen MR) is 129 cm³/mol. The topological polar surface area (TPSA) is 51.2 Å². The van der Waals surface area contributed by atoms with Gasteiger partial charge in [0.25, 0.3) is 5.91 Å². The highest BCUT2D eigenvalue weighted by atomic mass is 16.5. The standard InChI is InChI=1S/C28H32N2O2/c1-17(2)32-22-8-6-7-21(15-22)27-16-25(23-9-4-5-10-26(23)30-27)28(31)29-18(3)24-14-19-11-12-20(24)13-19/h4-10,15-20,24H,11-14H2,1-3H3,(H,29,31)/t18-,19-,20-,24+/m0/s1. The second kappa shape index (κ2) is 8.57. The Hall–Kier alpha value is -2.88. The van der Waals surface area contributed by atoms with Crippen molar-refractivity contribution in [2.75, 3.05) is 0 Å². The molecular formula is C28H32N2O2. The third kappa shape index (κ3) is 4.11. The van der Waals surface area contributed by atoms with Gasteiger partial charge in [0.05, 0.1) is 22.9 Å². The van der Waals surface area contributed by atoms with Crippen molar-refractivity contribution in [1.29, 1.82) is 0 Å². The molecule has 2 saturated carbocycles. The number of benzene rings is 2. The van der Waals surface area contributed by atoms with E-state index in [0.717, 1.165) is 39.7 Å². The first-order valence-corrected chi connectivity index (χ1v) is 12.0. The second-order valence-electron chi connectivity index (χ2n) is 9.87. The van der Waals surface area contributed by atoms with Crippen molar-refractivity contribution < 1.29 is 9.53 Å². The van der Waals surface area contributed by atoms with E-state index in [1.807, 2.05) is 68.4 Å². The van der Waals surface area contributed by atoms with Crippen molar-refractivity contribution in [2.45, 2.75) is 58.6 Å². The van der Waals surface area contributed by atoms with Crippen LogP contribution in [-0.4, -0.2) is 23.0 Å². The fourth-order valence-corrected chi connectivity index (χ4v) is 5.81. The number of ether oxygens (including phenoxy) is 1. The first kappa shape index (κ1) is 21.0. The molecule has 5 rings (SSSR count). The van der Waals surface area contributed by atoms with Crippen molar-refractivity contribution in [3.05, 3.63) is 60.2 Å². The van der Waals surface area contributed by atoms with E-state index < -0.39 is 0 Å². The number of carbonyl (C=O) groups is 1. The molecule has 1 amide bonds. The molecule has 0 saturated heterocycles. The highest BCUT2D eigenvalue weighted by molar-refractivity contribution is 6.07. The highest BCUT2D eigenvalue weighted by Crippen LogP contribution is 2.49. The number of hydrogen-bond acceptors (Lipinski definition) is 3. The van der Waals surface area contributed by atoms with Crippen LogP contribution in [-0.2, 0) is 0 Å². The third-order valence-corrected chi connectivity index (χ3v) is 7.26. The van der Waals surface area contributed by atoms with E-state index in [4.69, 9.17) is 9.72 Å². The molecule has 1 aromatic heterocycles. The van der Waals surface area contributed by atoms with Gasteiger partial charge in [0, 0.05) is 17.0 Å². The SMILES string of the molecule is CC(C)Oc1cccc(-c2cc(C(=O)N[C@@H](C)[C@H]3C[C@H]4CC[C@H]3C4)c3ccccc3n2)c1. The zero-order valence-corrected chi connectivity index (χ0v) is 19.2. The minimum absolute atomic E-state index is 0.00490. The van der Waals surface area contributed by atoms with E-state index in [1.54, 1.807) is 0 Å². The van der Waals surface area contributed by atoms with Gasteiger partial charge in [-0.2, -0.15) is 0 Å². The number of amides is 1. The van der Waals surface area contributed by atoms with Crippen molar-refractivity contribution in [3.8, 4) is 17.0 Å². The van der Waals surface area contributed by atoms with E-state index in [0.29, 0.717) is 11.5 Å². The number of aromatic nitrogens is 1. The molecule has 0 aliphatic heterocycles. The van der Waals surface area contributed by atoms with Gasteiger partial charge in [-0.1, -0.05) is 36.8 Å². The van der Waals surface area contributed by atoms with Crippen molar-refractivity contribution in [3.63, 3.8) is 0 Å². The number of pyridine rings is 1. The molecule has 3 aromatic rings. The van der Waals surface area contributed by atoms with Gasteiger partial charge in [-0.3, -0.25) is 4.79 Å². The summed E-state index contributed by atoms with van der Waals surface area (Å²) in [6.07, 6.45) is 5.41. The maximum Gasteiger partial charge on any atom is 0.252 e. The van der Waals surface area contributed by atoms with Gasteiger partial charge >= 0.3 is 0 Å². The van der Waals surface area contributed by atoms with Crippen molar-refractivity contribution in [2.24, 2.45) is 17.8 Å². The van der Waals surface area contributed by atoms with E-state index in [2.05, 4.69) is 12.2 Å². The summed E-state index contributed by atoms with van der Waals surface area (Å²) >= 11 is 0. The summed E-state index contributed by atoms with van der Waals surface area (Å²) in [6, 6.07) is 18.0. The average Bonchev–Trinajstić information content (AvgIpc) is 3.42. The van der Waals surface area contributed by atoms with Gasteiger partial charge in [0.15, 0.2) is 0 Å². The summed E-state index contributed by atoms with van der Waals surface area (Å²) in [5.41, 5.74) is 3.26. The number of carbonyl (C=O) groups excluding carboxylic acids is 1. The Morgan fingerprint density at radius 2 is 1.88 bits per heavy atom. The molecule has 0 spiro atoms. The second-order valence-corrected chi connectivity index (χ2v) is 9.87. The van der Waals surface area contributed by atoms with Crippen LogP contribution >= 0.6 is 0 Å². The van der Waals surface area contributed by atoms with Gasteiger partial charge in [-0.25, -0.2) is 4.98 Å². The summed E-state index contributed by atoms with van der Waals surface area (Å²) in [4.78, 5) is 18.3. The fraction of sp³-hybridized carbons (Fsp3) is 0.429. The van der Waals surface area contributed by atoms with Gasteiger partial charge in [0.1, 0.15) is 5.75 Å². The fourth-order valence-electron chi connectivity index (χ4n) is 5.81. The van der Waals surface area contributed by atoms with Gasteiger partial charge in [-0.05, 0) is 82.1 Å². The van der Waals surface area contributed by atoms with Crippen LogP contribution in [0.3, 0.4) is 0 Å². The molecule has 32 heavy (non-hydrogen) atoms. The van der Waals surface area contributed by atoms with E-state index in [-0.39, 0.29) is 18.1 Å². The Bertz CT molecular complexity index is 1140. The molecule has 1 N–H and O–H groups in total.